The van der Waals surface area contributed by atoms with Crippen molar-refractivity contribution in [3.63, 3.8) is 0 Å². The molecule has 5 heteroatoms. The molecule has 0 spiro atoms. The monoisotopic (exact) mass is 305 g/mol. The fourth-order valence-corrected chi connectivity index (χ4v) is 1.52. The Morgan fingerprint density at radius 2 is 2.21 bits per heavy atom. The number of carboxylic acids is 1. The quantitative estimate of drug-likeness (QED) is 0.302. The summed E-state index contributed by atoms with van der Waals surface area (Å²) in [5.41, 5.74) is 0.820. The van der Waals surface area contributed by atoms with E-state index in [1.54, 1.807) is 6.07 Å². The van der Waals surface area contributed by atoms with Crippen LogP contribution in [0.25, 0.3) is 0 Å². The molecule has 0 bridgehead atoms. The molecule has 0 fully saturated rings. The number of rotatable bonds is 3. The molecule has 0 heterocycles. The van der Waals surface area contributed by atoms with Crippen LogP contribution in [0.15, 0.2) is 24.3 Å². The molecule has 0 radical (unpaired) electrons. The number of aliphatic carboxylic acids is 1. The number of benzene rings is 1. The van der Waals surface area contributed by atoms with Crippen molar-refractivity contribution in [3.05, 3.63) is 38.6 Å². The molecule has 14 heavy (non-hydrogen) atoms. The second-order valence-electron chi connectivity index (χ2n) is 2.63. The summed E-state index contributed by atoms with van der Waals surface area (Å²) < 4.78 is 1.35. The van der Waals surface area contributed by atoms with Gasteiger partial charge in [0.1, 0.15) is 0 Å². The van der Waals surface area contributed by atoms with Crippen molar-refractivity contribution < 1.29 is 14.6 Å². The van der Waals surface area contributed by atoms with Crippen LogP contribution in [-0.2, 0) is 11.3 Å². The van der Waals surface area contributed by atoms with E-state index in [1.807, 2.05) is 18.2 Å². The van der Waals surface area contributed by atoms with E-state index in [9.17, 15) is 10.0 Å². The molecule has 1 aromatic carbocycles. The van der Waals surface area contributed by atoms with Gasteiger partial charge >= 0.3 is 5.97 Å². The molecule has 0 atom stereocenters. The third-order valence-corrected chi connectivity index (χ3v) is 2.59. The van der Waals surface area contributed by atoms with Crippen LogP contribution in [0, 0.1) is 8.78 Å². The molecule has 0 amide bonds. The Kier molecular flexibility index (Phi) is 3.87. The average molecular weight is 305 g/mol. The molecule has 1 rings (SSSR count). The van der Waals surface area contributed by atoms with Crippen molar-refractivity contribution in [2.75, 3.05) is 0 Å². The maximum Gasteiger partial charge on any atom is 0.394 e. The first-order chi connectivity index (χ1) is 6.59. The van der Waals surface area contributed by atoms with Gasteiger partial charge in [-0.05, 0) is 28.7 Å². The van der Waals surface area contributed by atoms with Crippen molar-refractivity contribution in [1.82, 2.24) is 0 Å². The first-order valence-electron chi connectivity index (χ1n) is 3.84. The average Bonchev–Trinajstić information content (AvgIpc) is 2.07. The van der Waals surface area contributed by atoms with Crippen molar-refractivity contribution in [1.29, 1.82) is 0 Å². The molecule has 0 aliphatic rings. The van der Waals surface area contributed by atoms with Crippen LogP contribution in [0.5, 0.6) is 0 Å². The highest BCUT2D eigenvalue weighted by Gasteiger charge is 2.04. The molecular weight excluding hydrogens is 297 g/mol. The second kappa shape index (κ2) is 4.94. The Morgan fingerprint density at radius 3 is 2.79 bits per heavy atom. The molecule has 0 aromatic heterocycles. The largest absolute Gasteiger partial charge is 0.623 e. The highest BCUT2D eigenvalue weighted by atomic mass is 127. The maximum atomic E-state index is 11.1. The van der Waals surface area contributed by atoms with Crippen molar-refractivity contribution >= 4 is 34.8 Å². The van der Waals surface area contributed by atoms with Crippen LogP contribution < -0.4 is 0 Å². The summed E-state index contributed by atoms with van der Waals surface area (Å²) in [6, 6.07) is 7.33. The van der Waals surface area contributed by atoms with E-state index in [4.69, 9.17) is 5.11 Å². The van der Waals surface area contributed by atoms with E-state index in [-0.39, 0.29) is 6.54 Å². The summed E-state index contributed by atoms with van der Waals surface area (Å²) in [6.45, 7) is 0.0609. The van der Waals surface area contributed by atoms with Gasteiger partial charge in [-0.15, -0.1) is 0 Å². The summed E-state index contributed by atoms with van der Waals surface area (Å²) >= 11 is 2.10. The van der Waals surface area contributed by atoms with E-state index in [0.29, 0.717) is 11.0 Å². The molecule has 0 aliphatic carbocycles. The van der Waals surface area contributed by atoms with E-state index in [0.717, 1.165) is 9.13 Å². The number of nitrogens with zero attached hydrogens (tertiary/aromatic N) is 1. The zero-order chi connectivity index (χ0) is 10.6. The van der Waals surface area contributed by atoms with Gasteiger partial charge in [-0.2, -0.15) is 0 Å². The number of hydrogen-bond acceptors (Lipinski definition) is 2. The first kappa shape index (κ1) is 11.0. The van der Waals surface area contributed by atoms with Gasteiger partial charge in [0.2, 0.25) is 0 Å². The number of hydrogen-bond donors (Lipinski definition) is 1. The van der Waals surface area contributed by atoms with Crippen LogP contribution in [-0.4, -0.2) is 22.0 Å². The molecular formula is C9H8INO3. The van der Waals surface area contributed by atoms with E-state index in [1.165, 1.54) is 0 Å². The molecule has 0 saturated carbocycles. The highest BCUT2D eigenvalue weighted by molar-refractivity contribution is 14.1. The van der Waals surface area contributed by atoms with Crippen LogP contribution >= 0.6 is 22.6 Å². The van der Waals surface area contributed by atoms with Crippen LogP contribution in [0.3, 0.4) is 0 Å². The zero-order valence-electron chi connectivity index (χ0n) is 7.18. The molecule has 1 aromatic rings. The van der Waals surface area contributed by atoms with Crippen LogP contribution in [0.1, 0.15) is 5.56 Å². The standard InChI is InChI=1S/C9H8INO3/c10-8-4-2-1-3-7(8)5-11(14)6-9(12)13/h1-4,6H,5H2,(H,12,13). The molecule has 74 valence electrons. The third-order valence-electron chi connectivity index (χ3n) is 1.54. The zero-order valence-corrected chi connectivity index (χ0v) is 9.34. The number of carbonyl (C=O) groups is 1. The van der Waals surface area contributed by atoms with Crippen molar-refractivity contribution in [2.45, 2.75) is 6.54 Å². The Morgan fingerprint density at radius 1 is 1.57 bits per heavy atom. The molecule has 4 nitrogen and oxygen atoms in total. The Bertz CT molecular complexity index is 376. The summed E-state index contributed by atoms with van der Waals surface area (Å²) in [4.78, 5) is 10.2. The summed E-state index contributed by atoms with van der Waals surface area (Å²) in [6.07, 6.45) is 0.614. The summed E-state index contributed by atoms with van der Waals surface area (Å²) in [7, 11) is 0. The molecule has 1 N–H and O–H groups in total. The normalized spacial score (nSPS) is 11.4. The van der Waals surface area contributed by atoms with E-state index in [2.05, 4.69) is 22.6 Å². The SMILES string of the molecule is O=C(O)C=[N+]([O-])Cc1ccccc1I. The topological polar surface area (TPSA) is 63.4 Å². The van der Waals surface area contributed by atoms with E-state index >= 15 is 0 Å². The predicted molar refractivity (Wildman–Crippen MR) is 60.2 cm³/mol. The fraction of sp³-hybridized carbons (Fsp3) is 0.111. The Balaban J connectivity index is 2.79. The summed E-state index contributed by atoms with van der Waals surface area (Å²) in [5.74, 6) is -1.23. The van der Waals surface area contributed by atoms with Gasteiger partial charge in [-0.1, -0.05) is 18.2 Å². The Labute approximate surface area is 94.6 Å². The Hall–Kier alpha value is -1.11. The van der Waals surface area contributed by atoms with Gasteiger partial charge in [0.25, 0.3) is 6.21 Å². The van der Waals surface area contributed by atoms with E-state index < -0.39 is 5.97 Å². The minimum atomic E-state index is -1.23. The first-order valence-corrected chi connectivity index (χ1v) is 4.92. The predicted octanol–water partition coefficient (Wildman–Crippen LogP) is 1.46. The van der Waals surface area contributed by atoms with Crippen molar-refractivity contribution in [3.8, 4) is 0 Å². The van der Waals surface area contributed by atoms with Gasteiger partial charge in [-0.25, -0.2) is 9.53 Å². The van der Waals surface area contributed by atoms with Gasteiger partial charge in [0, 0.05) is 9.13 Å². The minimum absolute atomic E-state index is 0.0609. The fourth-order valence-electron chi connectivity index (χ4n) is 0.963. The van der Waals surface area contributed by atoms with Gasteiger partial charge in [-0.3, -0.25) is 0 Å². The summed E-state index contributed by atoms with van der Waals surface area (Å²) in [5, 5.41) is 19.4. The molecule has 0 aliphatic heterocycles. The number of halogens is 1. The number of hydroxylamine groups is 1. The lowest BCUT2D eigenvalue weighted by Gasteiger charge is -2.04. The number of carboxylic acid groups (broad SMARTS) is 1. The lowest BCUT2D eigenvalue weighted by molar-refractivity contribution is -0.469. The lowest BCUT2D eigenvalue weighted by Crippen LogP contribution is -2.11. The highest BCUT2D eigenvalue weighted by Crippen LogP contribution is 2.11. The van der Waals surface area contributed by atoms with Crippen LogP contribution in [0.2, 0.25) is 0 Å². The molecule has 0 saturated heterocycles. The second-order valence-corrected chi connectivity index (χ2v) is 3.80. The van der Waals surface area contributed by atoms with Crippen LogP contribution in [0.4, 0.5) is 0 Å². The smallest absolute Gasteiger partial charge is 0.394 e. The van der Waals surface area contributed by atoms with Gasteiger partial charge in [0.15, 0.2) is 6.54 Å². The maximum absolute atomic E-state index is 11.1. The van der Waals surface area contributed by atoms with Gasteiger partial charge < -0.3 is 10.3 Å². The lowest BCUT2D eigenvalue weighted by atomic mass is 10.2. The third kappa shape index (κ3) is 3.33. The van der Waals surface area contributed by atoms with Crippen molar-refractivity contribution in [2.24, 2.45) is 0 Å². The molecule has 0 unspecified atom stereocenters. The minimum Gasteiger partial charge on any atom is -0.623 e. The van der Waals surface area contributed by atoms with Gasteiger partial charge in [0.05, 0.1) is 0 Å².